The van der Waals surface area contributed by atoms with Gasteiger partial charge in [-0.3, -0.25) is 14.9 Å². The van der Waals surface area contributed by atoms with Crippen molar-refractivity contribution in [1.82, 2.24) is 10.2 Å². The van der Waals surface area contributed by atoms with Crippen LogP contribution in [0, 0.1) is 5.92 Å². The molecule has 0 aromatic heterocycles. The Morgan fingerprint density at radius 2 is 2.00 bits per heavy atom. The van der Waals surface area contributed by atoms with Crippen molar-refractivity contribution in [3.05, 3.63) is 0 Å². The SMILES string of the molecule is CCC[C@H](N[C@@H](C)C(=O)N1[C@H](C=O)C[C@@H]2CCCC[C@@H]21)C(=O)OCC. The van der Waals surface area contributed by atoms with Crippen LogP contribution in [0.5, 0.6) is 0 Å². The van der Waals surface area contributed by atoms with Crippen molar-refractivity contribution in [3.8, 4) is 0 Å². The molecule has 1 amide bonds. The smallest absolute Gasteiger partial charge is 0.323 e. The number of rotatable bonds is 8. The summed E-state index contributed by atoms with van der Waals surface area (Å²) in [5.41, 5.74) is 0. The van der Waals surface area contributed by atoms with Gasteiger partial charge >= 0.3 is 5.97 Å². The van der Waals surface area contributed by atoms with E-state index in [2.05, 4.69) is 5.32 Å². The molecule has 1 heterocycles. The Morgan fingerprint density at radius 3 is 2.64 bits per heavy atom. The lowest BCUT2D eigenvalue weighted by Gasteiger charge is -2.35. The van der Waals surface area contributed by atoms with E-state index in [9.17, 15) is 14.4 Å². The van der Waals surface area contributed by atoms with Gasteiger partial charge in [-0.25, -0.2) is 0 Å². The molecule has 6 heteroatoms. The van der Waals surface area contributed by atoms with Crippen LogP contribution in [0.1, 0.15) is 65.7 Å². The molecule has 0 bridgehead atoms. The molecule has 0 radical (unpaired) electrons. The van der Waals surface area contributed by atoms with Crippen LogP contribution >= 0.6 is 0 Å². The van der Waals surface area contributed by atoms with Gasteiger partial charge in [-0.15, -0.1) is 0 Å². The van der Waals surface area contributed by atoms with Gasteiger partial charge in [0.25, 0.3) is 0 Å². The third-order valence-electron chi connectivity index (χ3n) is 5.51. The Hall–Kier alpha value is -1.43. The molecule has 5 atom stereocenters. The summed E-state index contributed by atoms with van der Waals surface area (Å²) in [7, 11) is 0. The van der Waals surface area contributed by atoms with Crippen LogP contribution in [0.15, 0.2) is 0 Å². The van der Waals surface area contributed by atoms with Crippen LogP contribution in [-0.2, 0) is 19.1 Å². The third-order valence-corrected chi connectivity index (χ3v) is 5.51. The summed E-state index contributed by atoms with van der Waals surface area (Å²) in [6.07, 6.45) is 7.51. The highest BCUT2D eigenvalue weighted by molar-refractivity contribution is 5.86. The number of ether oxygens (including phenoxy) is 1. The van der Waals surface area contributed by atoms with E-state index in [1.165, 1.54) is 6.42 Å². The molecule has 1 saturated heterocycles. The minimum absolute atomic E-state index is 0.0723. The Kier molecular flexibility index (Phi) is 7.41. The molecule has 1 saturated carbocycles. The molecule has 0 spiro atoms. The van der Waals surface area contributed by atoms with Crippen LogP contribution in [-0.4, -0.2) is 53.8 Å². The fourth-order valence-corrected chi connectivity index (χ4v) is 4.34. The number of carbonyl (C=O) groups is 3. The van der Waals surface area contributed by atoms with Crippen LogP contribution in [0.4, 0.5) is 0 Å². The molecule has 142 valence electrons. The number of aldehydes is 1. The largest absolute Gasteiger partial charge is 0.465 e. The Balaban J connectivity index is 2.06. The minimum Gasteiger partial charge on any atom is -0.465 e. The highest BCUT2D eigenvalue weighted by Gasteiger charge is 2.45. The van der Waals surface area contributed by atoms with Gasteiger partial charge in [-0.1, -0.05) is 26.2 Å². The van der Waals surface area contributed by atoms with E-state index in [0.29, 0.717) is 18.9 Å². The number of nitrogens with zero attached hydrogens (tertiary/aromatic N) is 1. The van der Waals surface area contributed by atoms with Gasteiger partial charge in [0.2, 0.25) is 5.91 Å². The summed E-state index contributed by atoms with van der Waals surface area (Å²) in [5, 5.41) is 3.14. The first kappa shape index (κ1) is 19.9. The van der Waals surface area contributed by atoms with Crippen LogP contribution < -0.4 is 5.32 Å². The van der Waals surface area contributed by atoms with E-state index >= 15 is 0 Å². The number of fused-ring (bicyclic) bond motifs is 1. The van der Waals surface area contributed by atoms with E-state index in [1.54, 1.807) is 18.7 Å². The van der Waals surface area contributed by atoms with Gasteiger partial charge in [0.15, 0.2) is 0 Å². The normalized spacial score (nSPS) is 28.1. The number of nitrogens with one attached hydrogen (secondary N) is 1. The molecule has 6 nitrogen and oxygen atoms in total. The lowest BCUT2D eigenvalue weighted by atomic mass is 9.85. The topological polar surface area (TPSA) is 75.7 Å². The molecule has 2 fully saturated rings. The average Bonchev–Trinajstić information content (AvgIpc) is 2.99. The Bertz CT molecular complexity index is 482. The van der Waals surface area contributed by atoms with Gasteiger partial charge < -0.3 is 14.4 Å². The summed E-state index contributed by atoms with van der Waals surface area (Å²) in [6.45, 7) is 5.88. The van der Waals surface area contributed by atoms with Gasteiger partial charge in [-0.2, -0.15) is 0 Å². The van der Waals surface area contributed by atoms with Crippen molar-refractivity contribution in [2.75, 3.05) is 6.61 Å². The first-order valence-corrected chi connectivity index (χ1v) is 9.73. The summed E-state index contributed by atoms with van der Waals surface area (Å²) in [4.78, 5) is 38.4. The van der Waals surface area contributed by atoms with Crippen molar-refractivity contribution >= 4 is 18.2 Å². The Labute approximate surface area is 150 Å². The van der Waals surface area contributed by atoms with Crippen LogP contribution in [0.3, 0.4) is 0 Å². The fraction of sp³-hybridized carbons (Fsp3) is 0.842. The highest BCUT2D eigenvalue weighted by atomic mass is 16.5. The first-order chi connectivity index (χ1) is 12.0. The second-order valence-electron chi connectivity index (χ2n) is 7.28. The predicted octanol–water partition coefficient (Wildman–Crippen LogP) is 2.05. The van der Waals surface area contributed by atoms with Gasteiger partial charge in [0, 0.05) is 6.04 Å². The zero-order valence-electron chi connectivity index (χ0n) is 15.7. The zero-order chi connectivity index (χ0) is 18.4. The third kappa shape index (κ3) is 4.60. The number of hydrogen-bond acceptors (Lipinski definition) is 5. The molecular formula is C19H32N2O4. The lowest BCUT2D eigenvalue weighted by molar-refractivity contribution is -0.147. The maximum Gasteiger partial charge on any atom is 0.323 e. The Morgan fingerprint density at radius 1 is 1.28 bits per heavy atom. The second-order valence-corrected chi connectivity index (χ2v) is 7.28. The van der Waals surface area contributed by atoms with E-state index in [1.807, 2.05) is 6.92 Å². The number of esters is 1. The summed E-state index contributed by atoms with van der Waals surface area (Å²) in [6, 6.07) is -1.14. The molecule has 2 aliphatic rings. The first-order valence-electron chi connectivity index (χ1n) is 9.73. The maximum absolute atomic E-state index is 13.0. The van der Waals surface area contributed by atoms with E-state index in [0.717, 1.165) is 38.4 Å². The fourth-order valence-electron chi connectivity index (χ4n) is 4.34. The van der Waals surface area contributed by atoms with Crippen molar-refractivity contribution in [2.45, 2.75) is 89.9 Å². The van der Waals surface area contributed by atoms with Crippen molar-refractivity contribution < 1.29 is 19.1 Å². The number of likely N-dealkylation sites (tertiary alicyclic amines) is 1. The van der Waals surface area contributed by atoms with Gasteiger partial charge in [-0.05, 0) is 45.4 Å². The monoisotopic (exact) mass is 352 g/mol. The average molecular weight is 352 g/mol. The zero-order valence-corrected chi connectivity index (χ0v) is 15.7. The molecule has 25 heavy (non-hydrogen) atoms. The van der Waals surface area contributed by atoms with Gasteiger partial charge in [0.05, 0.1) is 18.7 Å². The lowest BCUT2D eigenvalue weighted by Crippen LogP contribution is -2.54. The predicted molar refractivity (Wildman–Crippen MR) is 95.0 cm³/mol. The highest BCUT2D eigenvalue weighted by Crippen LogP contribution is 2.39. The van der Waals surface area contributed by atoms with Crippen LogP contribution in [0.25, 0.3) is 0 Å². The molecule has 0 unspecified atom stereocenters. The summed E-state index contributed by atoms with van der Waals surface area (Å²) >= 11 is 0. The van der Waals surface area contributed by atoms with E-state index in [4.69, 9.17) is 4.74 Å². The number of amides is 1. The molecule has 0 aromatic carbocycles. The van der Waals surface area contributed by atoms with E-state index in [-0.39, 0.29) is 24.0 Å². The van der Waals surface area contributed by atoms with E-state index < -0.39 is 12.1 Å². The van der Waals surface area contributed by atoms with Gasteiger partial charge in [0.1, 0.15) is 12.3 Å². The van der Waals surface area contributed by atoms with Crippen LogP contribution in [0.2, 0.25) is 0 Å². The number of hydrogen-bond donors (Lipinski definition) is 1. The van der Waals surface area contributed by atoms with Crippen molar-refractivity contribution in [2.24, 2.45) is 5.92 Å². The standard InChI is InChI=1S/C19H32N2O4/c1-4-8-16(19(24)25-5-2)20-13(3)18(23)21-15(12-22)11-14-9-6-7-10-17(14)21/h12-17,20H,4-11H2,1-3H3/t13-,14-,15-,16-,17-/m0/s1. The molecular weight excluding hydrogens is 320 g/mol. The summed E-state index contributed by atoms with van der Waals surface area (Å²) in [5.74, 6) is 0.0569. The van der Waals surface area contributed by atoms with Crippen molar-refractivity contribution in [1.29, 1.82) is 0 Å². The van der Waals surface area contributed by atoms with Crippen molar-refractivity contribution in [3.63, 3.8) is 0 Å². The minimum atomic E-state index is -0.510. The summed E-state index contributed by atoms with van der Waals surface area (Å²) < 4.78 is 5.11. The number of carbonyl (C=O) groups excluding carboxylic acids is 3. The second kappa shape index (κ2) is 9.32. The molecule has 1 N–H and O–H groups in total. The molecule has 1 aliphatic heterocycles. The molecule has 2 rings (SSSR count). The molecule has 0 aromatic rings. The maximum atomic E-state index is 13.0. The molecule has 1 aliphatic carbocycles. The quantitative estimate of drug-likeness (QED) is 0.534.